The van der Waals surface area contributed by atoms with Crippen molar-refractivity contribution in [2.45, 2.75) is 57.3 Å². The maximum atomic E-state index is 13.1. The van der Waals surface area contributed by atoms with Crippen LogP contribution in [0.25, 0.3) is 27.5 Å². The van der Waals surface area contributed by atoms with Crippen molar-refractivity contribution in [1.82, 2.24) is 14.9 Å². The molecule has 3 aromatic rings. The van der Waals surface area contributed by atoms with Crippen LogP contribution in [0, 0.1) is 11.3 Å². The highest BCUT2D eigenvalue weighted by Gasteiger charge is 2.48. The second-order valence-electron chi connectivity index (χ2n) is 12.0. The molecule has 1 aliphatic carbocycles. The lowest BCUT2D eigenvalue weighted by atomic mass is 9.77. The largest absolute Gasteiger partial charge is 0.469 e. The van der Waals surface area contributed by atoms with Gasteiger partial charge >= 0.3 is 5.97 Å². The van der Waals surface area contributed by atoms with Gasteiger partial charge in [0.15, 0.2) is 0 Å². The van der Waals surface area contributed by atoms with E-state index in [2.05, 4.69) is 34.7 Å². The Balaban J connectivity index is 1.35. The Bertz CT molecular complexity index is 1450. The van der Waals surface area contributed by atoms with Crippen LogP contribution in [0.15, 0.2) is 31.0 Å². The number of methoxy groups -OCH3 is 1. The zero-order chi connectivity index (χ0) is 27.3. The summed E-state index contributed by atoms with van der Waals surface area (Å²) in [6.07, 6.45) is 9.38. The van der Waals surface area contributed by atoms with Crippen molar-refractivity contribution in [3.05, 3.63) is 42.1 Å². The number of hydrogen-bond donors (Lipinski definition) is 2. The molecule has 2 aliphatic heterocycles. The molecule has 1 spiro atoms. The summed E-state index contributed by atoms with van der Waals surface area (Å²) in [4.78, 5) is 37.6. The molecule has 6 rings (SSSR count). The lowest BCUT2D eigenvalue weighted by Gasteiger charge is -2.39. The molecule has 1 amide bonds. The Labute approximate surface area is 229 Å². The van der Waals surface area contributed by atoms with Crippen LogP contribution in [-0.4, -0.2) is 60.5 Å². The van der Waals surface area contributed by atoms with E-state index in [0.717, 1.165) is 91.2 Å². The van der Waals surface area contributed by atoms with Gasteiger partial charge in [-0.15, -0.1) is 0 Å². The lowest BCUT2D eigenvalue weighted by molar-refractivity contribution is -0.142. The molecule has 206 valence electrons. The number of hydrogen-bond acceptors (Lipinski definition) is 6. The summed E-state index contributed by atoms with van der Waals surface area (Å²) in [5.74, 6) is 1.96. The zero-order valence-corrected chi connectivity index (χ0v) is 23.1. The van der Waals surface area contributed by atoms with Crippen molar-refractivity contribution in [2.24, 2.45) is 17.1 Å². The number of H-pyrrole nitrogens is 1. The number of aromatic amines is 1. The molecule has 2 saturated heterocycles. The fourth-order valence-electron chi connectivity index (χ4n) is 7.35. The number of anilines is 1. The Morgan fingerprint density at radius 2 is 2.03 bits per heavy atom. The molecule has 39 heavy (non-hydrogen) atoms. The number of fused-ring (bicyclic) bond motifs is 3. The number of carbonyl (C=O) groups is 2. The minimum atomic E-state index is -0.316. The first-order valence-corrected chi connectivity index (χ1v) is 14.3. The van der Waals surface area contributed by atoms with Gasteiger partial charge in [-0.25, -0.2) is 4.98 Å². The number of aromatic nitrogens is 2. The summed E-state index contributed by atoms with van der Waals surface area (Å²) in [5.41, 5.74) is 10.5. The molecule has 8 heteroatoms. The van der Waals surface area contributed by atoms with E-state index < -0.39 is 0 Å². The predicted molar refractivity (Wildman–Crippen MR) is 154 cm³/mol. The monoisotopic (exact) mass is 529 g/mol. The molecule has 8 nitrogen and oxygen atoms in total. The number of ether oxygens (including phenoxy) is 1. The number of piperidine rings is 1. The molecule has 1 atom stereocenters. The highest BCUT2D eigenvalue weighted by molar-refractivity contribution is 6.15. The molecule has 3 N–H and O–H groups in total. The van der Waals surface area contributed by atoms with E-state index in [0.29, 0.717) is 30.5 Å². The number of amides is 1. The van der Waals surface area contributed by atoms with E-state index in [1.165, 1.54) is 12.7 Å². The molecular weight excluding hydrogens is 490 g/mol. The van der Waals surface area contributed by atoms with Gasteiger partial charge in [-0.3, -0.25) is 9.59 Å². The van der Waals surface area contributed by atoms with Gasteiger partial charge in [0.1, 0.15) is 5.82 Å². The standard InChI is InChI=1S/C31H39N5O3/c1-19(32)24-17-33-29(36-13-4-11-31(18-36)12-14-35(2)30(31)38)27-23-10-9-22(16-25(23)34-28(24)27)21-7-5-20(6-8-21)15-26(37)39-3/h9-10,16-17,20-21,34H,1,4-8,11-15,18,32H2,2-3H3/t20?,21?,31-/m1/s1. The van der Waals surface area contributed by atoms with Crippen LogP contribution >= 0.6 is 0 Å². The summed E-state index contributed by atoms with van der Waals surface area (Å²) in [6.45, 7) is 6.40. The molecule has 0 unspecified atom stereocenters. The van der Waals surface area contributed by atoms with Gasteiger partial charge in [0.05, 0.1) is 23.4 Å². The normalized spacial score (nSPS) is 25.6. The van der Waals surface area contributed by atoms with Crippen LogP contribution in [0.3, 0.4) is 0 Å². The number of nitrogens with one attached hydrogen (secondary N) is 1. The Morgan fingerprint density at radius 3 is 2.72 bits per heavy atom. The van der Waals surface area contributed by atoms with Crippen LogP contribution in [0.4, 0.5) is 5.82 Å². The molecule has 1 saturated carbocycles. The summed E-state index contributed by atoms with van der Waals surface area (Å²) in [5, 5.41) is 2.17. The van der Waals surface area contributed by atoms with Crippen molar-refractivity contribution in [3.8, 4) is 0 Å². The zero-order valence-electron chi connectivity index (χ0n) is 23.1. The number of rotatable bonds is 5. The average molecular weight is 530 g/mol. The van der Waals surface area contributed by atoms with Gasteiger partial charge in [-0.2, -0.15) is 0 Å². The van der Waals surface area contributed by atoms with E-state index in [-0.39, 0.29) is 17.3 Å². The van der Waals surface area contributed by atoms with Gasteiger partial charge in [0, 0.05) is 61.5 Å². The topological polar surface area (TPSA) is 105 Å². The second kappa shape index (κ2) is 9.88. The van der Waals surface area contributed by atoms with E-state index in [1.807, 2.05) is 18.1 Å². The second-order valence-corrected chi connectivity index (χ2v) is 12.0. The smallest absolute Gasteiger partial charge is 0.305 e. The highest BCUT2D eigenvalue weighted by atomic mass is 16.5. The fraction of sp³-hybridized carbons (Fsp3) is 0.516. The first-order valence-electron chi connectivity index (χ1n) is 14.3. The molecule has 2 aromatic heterocycles. The third-order valence-corrected chi connectivity index (χ3v) is 9.58. The van der Waals surface area contributed by atoms with Crippen molar-refractivity contribution in [2.75, 3.05) is 38.7 Å². The van der Waals surface area contributed by atoms with Crippen LogP contribution in [0.2, 0.25) is 0 Å². The first kappa shape index (κ1) is 25.7. The number of carbonyl (C=O) groups excluding carboxylic acids is 2. The summed E-state index contributed by atoms with van der Waals surface area (Å²) in [6, 6.07) is 6.74. The van der Waals surface area contributed by atoms with E-state index in [1.54, 1.807) is 0 Å². The number of pyridine rings is 1. The van der Waals surface area contributed by atoms with Crippen LogP contribution in [0.5, 0.6) is 0 Å². The molecule has 3 fully saturated rings. The van der Waals surface area contributed by atoms with E-state index in [4.69, 9.17) is 15.5 Å². The van der Waals surface area contributed by atoms with E-state index >= 15 is 0 Å². The van der Waals surface area contributed by atoms with Gasteiger partial charge in [-0.1, -0.05) is 18.7 Å². The quantitative estimate of drug-likeness (QED) is 0.454. The predicted octanol–water partition coefficient (Wildman–Crippen LogP) is 4.93. The lowest BCUT2D eigenvalue weighted by Crippen LogP contribution is -2.47. The van der Waals surface area contributed by atoms with Crippen LogP contribution in [0.1, 0.15) is 68.4 Å². The third-order valence-electron chi connectivity index (χ3n) is 9.58. The molecular formula is C31H39N5O3. The minimum Gasteiger partial charge on any atom is -0.469 e. The molecule has 0 radical (unpaired) electrons. The third kappa shape index (κ3) is 4.43. The molecule has 4 heterocycles. The number of likely N-dealkylation sites (tertiary alicyclic amines) is 1. The Kier molecular flexibility index (Phi) is 6.52. The average Bonchev–Trinajstić information content (AvgIpc) is 3.45. The molecule has 3 aliphatic rings. The maximum Gasteiger partial charge on any atom is 0.305 e. The first-order chi connectivity index (χ1) is 18.8. The van der Waals surface area contributed by atoms with Gasteiger partial charge in [0.25, 0.3) is 0 Å². The van der Waals surface area contributed by atoms with E-state index in [9.17, 15) is 9.59 Å². The van der Waals surface area contributed by atoms with Crippen molar-refractivity contribution in [3.63, 3.8) is 0 Å². The fourth-order valence-corrected chi connectivity index (χ4v) is 7.35. The van der Waals surface area contributed by atoms with Gasteiger partial charge in [-0.05, 0) is 68.4 Å². The minimum absolute atomic E-state index is 0.108. The highest BCUT2D eigenvalue weighted by Crippen LogP contribution is 2.44. The van der Waals surface area contributed by atoms with Crippen LogP contribution in [-0.2, 0) is 14.3 Å². The molecule has 0 bridgehead atoms. The molecule has 1 aromatic carbocycles. The van der Waals surface area contributed by atoms with Crippen molar-refractivity contribution >= 4 is 45.2 Å². The SMILES string of the molecule is C=C(N)c1cnc(N2CCC[C@@]3(CCN(C)C3=O)C2)c2c1[nH]c1cc(C3CCC(CC(=O)OC)CC3)ccc12. The Hall–Kier alpha value is -3.55. The van der Waals surface area contributed by atoms with Crippen molar-refractivity contribution < 1.29 is 14.3 Å². The number of nitrogens with zero attached hydrogens (tertiary/aromatic N) is 3. The van der Waals surface area contributed by atoms with Crippen LogP contribution < -0.4 is 10.6 Å². The maximum absolute atomic E-state index is 13.1. The van der Waals surface area contributed by atoms with Gasteiger partial charge < -0.3 is 25.3 Å². The van der Waals surface area contributed by atoms with Gasteiger partial charge in [0.2, 0.25) is 5.91 Å². The Morgan fingerprint density at radius 1 is 1.23 bits per heavy atom. The number of esters is 1. The summed E-state index contributed by atoms with van der Waals surface area (Å²) in [7, 11) is 3.38. The van der Waals surface area contributed by atoms with Crippen molar-refractivity contribution in [1.29, 1.82) is 0 Å². The summed E-state index contributed by atoms with van der Waals surface area (Å²) >= 11 is 0. The number of nitrogens with two attached hydrogens (primary N) is 1. The number of benzene rings is 1. The summed E-state index contributed by atoms with van der Waals surface area (Å²) < 4.78 is 4.87.